The van der Waals surface area contributed by atoms with E-state index >= 15 is 0 Å². The third kappa shape index (κ3) is 4.18. The molecule has 2 N–H and O–H groups in total. The Morgan fingerprint density at radius 1 is 0.722 bits per heavy atom. The van der Waals surface area contributed by atoms with E-state index in [-0.39, 0.29) is 11.5 Å². The van der Waals surface area contributed by atoms with Crippen LogP contribution < -0.4 is 0 Å². The van der Waals surface area contributed by atoms with Gasteiger partial charge in [-0.15, -0.1) is 0 Å². The zero-order valence-electron chi connectivity index (χ0n) is 10.1. The zero-order valence-corrected chi connectivity index (χ0v) is 10.1. The van der Waals surface area contributed by atoms with Gasteiger partial charge < -0.3 is 10.2 Å². The lowest BCUT2D eigenvalue weighted by Gasteiger charge is -1.96. The molecule has 0 fully saturated rings. The highest BCUT2D eigenvalue weighted by molar-refractivity contribution is 5.63. The molecule has 18 heavy (non-hydrogen) atoms. The molecule has 2 aromatic carbocycles. The highest BCUT2D eigenvalue weighted by Gasteiger charge is 1.89. The van der Waals surface area contributed by atoms with Crippen LogP contribution in [-0.2, 0) is 0 Å². The zero-order chi connectivity index (χ0) is 13.4. The average molecular weight is 240 g/mol. The second kappa shape index (κ2) is 6.97. The largest absolute Gasteiger partial charge is 0.508 e. The molecule has 2 nitrogen and oxygen atoms in total. The number of phenols is 2. The van der Waals surface area contributed by atoms with Gasteiger partial charge in [0, 0.05) is 6.07 Å². The van der Waals surface area contributed by atoms with Crippen LogP contribution in [0.3, 0.4) is 0 Å². The molecule has 0 saturated heterocycles. The summed E-state index contributed by atoms with van der Waals surface area (Å²) in [6.45, 7) is 7.38. The topological polar surface area (TPSA) is 40.5 Å². The van der Waals surface area contributed by atoms with Crippen LogP contribution in [0.15, 0.2) is 61.7 Å². The first-order valence-electron chi connectivity index (χ1n) is 5.49. The summed E-state index contributed by atoms with van der Waals surface area (Å²) in [4.78, 5) is 0. The Bertz CT molecular complexity index is 486. The van der Waals surface area contributed by atoms with Gasteiger partial charge in [0.2, 0.25) is 0 Å². The summed E-state index contributed by atoms with van der Waals surface area (Å²) in [6, 6.07) is 13.9. The maximum Gasteiger partial charge on any atom is 0.119 e. The summed E-state index contributed by atoms with van der Waals surface area (Å²) < 4.78 is 0. The maximum atomic E-state index is 8.65. The van der Waals surface area contributed by atoms with Gasteiger partial charge in [0.1, 0.15) is 11.5 Å². The van der Waals surface area contributed by atoms with E-state index in [2.05, 4.69) is 13.2 Å². The van der Waals surface area contributed by atoms with E-state index in [1.807, 2.05) is 36.4 Å². The lowest BCUT2D eigenvalue weighted by molar-refractivity contribution is 0.450. The van der Waals surface area contributed by atoms with Gasteiger partial charge in [-0.3, -0.25) is 0 Å². The predicted molar refractivity (Wildman–Crippen MR) is 76.4 cm³/mol. The van der Waals surface area contributed by atoms with E-state index in [4.69, 9.17) is 10.2 Å². The summed E-state index contributed by atoms with van der Waals surface area (Å²) in [5, 5.41) is 17.3. The van der Waals surface area contributed by atoms with Crippen molar-refractivity contribution in [2.75, 3.05) is 0 Å². The Kier molecular flexibility index (Phi) is 5.26. The normalized spacial score (nSPS) is 8.89. The Labute approximate surface area is 107 Å². The smallest absolute Gasteiger partial charge is 0.119 e. The molecule has 2 aromatic rings. The molecule has 0 bridgehead atoms. The second-order valence-corrected chi connectivity index (χ2v) is 3.56. The standard InChI is InChI=1S/C10H10.C6H6O2/c1-3-9-7-5-6-8-10(9)4-2;7-5-2-1-3-6(8)4-5/h3-8H,1-2H2;1-4,7-8H. The van der Waals surface area contributed by atoms with Gasteiger partial charge in [-0.25, -0.2) is 0 Å². The quantitative estimate of drug-likeness (QED) is 0.830. The summed E-state index contributed by atoms with van der Waals surface area (Å²) in [5.74, 6) is 0.176. The van der Waals surface area contributed by atoms with Gasteiger partial charge in [-0.2, -0.15) is 0 Å². The van der Waals surface area contributed by atoms with Crippen LogP contribution in [0.25, 0.3) is 12.2 Å². The number of benzene rings is 2. The van der Waals surface area contributed by atoms with Crippen molar-refractivity contribution in [1.82, 2.24) is 0 Å². The molecule has 0 saturated carbocycles. The molecule has 2 heteroatoms. The first-order valence-corrected chi connectivity index (χ1v) is 5.49. The molecule has 0 heterocycles. The van der Waals surface area contributed by atoms with E-state index in [1.165, 1.54) is 18.2 Å². The molecule has 0 radical (unpaired) electrons. The van der Waals surface area contributed by atoms with E-state index in [0.717, 1.165) is 11.1 Å². The van der Waals surface area contributed by atoms with E-state index in [0.29, 0.717) is 0 Å². The minimum atomic E-state index is 0.0880. The Balaban J connectivity index is 0.000000184. The molecule has 92 valence electrons. The fourth-order valence-corrected chi connectivity index (χ4v) is 1.38. The van der Waals surface area contributed by atoms with Gasteiger partial charge in [-0.05, 0) is 23.3 Å². The van der Waals surface area contributed by atoms with E-state index in [1.54, 1.807) is 6.07 Å². The van der Waals surface area contributed by atoms with Crippen molar-refractivity contribution in [3.05, 3.63) is 72.8 Å². The SMILES string of the molecule is C=Cc1ccccc1C=C.Oc1cccc(O)c1. The lowest BCUT2D eigenvalue weighted by atomic mass is 10.1. The minimum absolute atomic E-state index is 0.0880. The molecule has 0 spiro atoms. The molecule has 0 aliphatic heterocycles. The molecule has 2 rings (SSSR count). The van der Waals surface area contributed by atoms with Crippen molar-refractivity contribution in [3.8, 4) is 11.5 Å². The molecule has 0 aromatic heterocycles. The Hall–Kier alpha value is -2.48. The van der Waals surface area contributed by atoms with Crippen LogP contribution >= 0.6 is 0 Å². The fourth-order valence-electron chi connectivity index (χ4n) is 1.38. The van der Waals surface area contributed by atoms with Gasteiger partial charge in [-0.1, -0.05) is 55.6 Å². The first kappa shape index (κ1) is 13.6. The highest BCUT2D eigenvalue weighted by Crippen LogP contribution is 2.14. The monoisotopic (exact) mass is 240 g/mol. The Morgan fingerprint density at radius 3 is 1.44 bits per heavy atom. The number of aromatic hydroxyl groups is 2. The molecule has 0 aliphatic carbocycles. The highest BCUT2D eigenvalue weighted by atomic mass is 16.3. The molecule has 0 amide bonds. The molecular weight excluding hydrogens is 224 g/mol. The average Bonchev–Trinajstić information content (AvgIpc) is 2.39. The minimum Gasteiger partial charge on any atom is -0.508 e. The van der Waals surface area contributed by atoms with E-state index < -0.39 is 0 Å². The maximum absolute atomic E-state index is 8.65. The first-order chi connectivity index (χ1) is 8.67. The van der Waals surface area contributed by atoms with Crippen molar-refractivity contribution in [1.29, 1.82) is 0 Å². The number of phenolic OH excluding ortho intramolecular Hbond substituents is 2. The van der Waals surface area contributed by atoms with E-state index in [9.17, 15) is 0 Å². The second-order valence-electron chi connectivity index (χ2n) is 3.56. The summed E-state index contributed by atoms with van der Waals surface area (Å²) >= 11 is 0. The number of hydrogen-bond acceptors (Lipinski definition) is 2. The lowest BCUT2D eigenvalue weighted by Crippen LogP contribution is -1.76. The van der Waals surface area contributed by atoms with Crippen LogP contribution in [0.2, 0.25) is 0 Å². The summed E-state index contributed by atoms with van der Waals surface area (Å²) in [6.07, 6.45) is 3.66. The Morgan fingerprint density at radius 2 is 1.17 bits per heavy atom. The summed E-state index contributed by atoms with van der Waals surface area (Å²) in [7, 11) is 0. The van der Waals surface area contributed by atoms with Crippen LogP contribution in [-0.4, -0.2) is 10.2 Å². The predicted octanol–water partition coefficient (Wildman–Crippen LogP) is 4.07. The van der Waals surface area contributed by atoms with Crippen molar-refractivity contribution in [3.63, 3.8) is 0 Å². The third-order valence-corrected chi connectivity index (χ3v) is 2.27. The van der Waals surface area contributed by atoms with Gasteiger partial charge in [0.05, 0.1) is 0 Å². The number of hydrogen-bond donors (Lipinski definition) is 2. The van der Waals surface area contributed by atoms with Gasteiger partial charge >= 0.3 is 0 Å². The van der Waals surface area contributed by atoms with Crippen molar-refractivity contribution in [2.45, 2.75) is 0 Å². The van der Waals surface area contributed by atoms with Crippen LogP contribution in [0.5, 0.6) is 11.5 Å². The molecule has 0 aliphatic rings. The number of rotatable bonds is 2. The van der Waals surface area contributed by atoms with Crippen LogP contribution in [0.4, 0.5) is 0 Å². The summed E-state index contributed by atoms with van der Waals surface area (Å²) in [5.41, 5.74) is 2.27. The molecular formula is C16H16O2. The fraction of sp³-hybridized carbons (Fsp3) is 0. The van der Waals surface area contributed by atoms with Gasteiger partial charge in [0.25, 0.3) is 0 Å². The molecule has 0 unspecified atom stereocenters. The molecule has 0 atom stereocenters. The van der Waals surface area contributed by atoms with Crippen LogP contribution in [0.1, 0.15) is 11.1 Å². The van der Waals surface area contributed by atoms with Crippen molar-refractivity contribution >= 4 is 12.2 Å². The van der Waals surface area contributed by atoms with Gasteiger partial charge in [0.15, 0.2) is 0 Å². The third-order valence-electron chi connectivity index (χ3n) is 2.27. The van der Waals surface area contributed by atoms with Crippen molar-refractivity contribution in [2.24, 2.45) is 0 Å². The van der Waals surface area contributed by atoms with Crippen LogP contribution in [0, 0.1) is 0 Å². The van der Waals surface area contributed by atoms with Crippen molar-refractivity contribution < 1.29 is 10.2 Å².